The Morgan fingerprint density at radius 2 is 2.00 bits per heavy atom. The molecule has 0 saturated heterocycles. The van der Waals surface area contributed by atoms with E-state index in [-0.39, 0.29) is 11.3 Å². The number of hydrogen-bond acceptors (Lipinski definition) is 1. The highest BCUT2D eigenvalue weighted by Crippen LogP contribution is 2.30. The molecule has 0 spiro atoms. The second-order valence-corrected chi connectivity index (χ2v) is 6.45. The summed E-state index contributed by atoms with van der Waals surface area (Å²) in [5.74, 6) is 0.0843. The van der Waals surface area contributed by atoms with Crippen LogP contribution in [0.2, 0.25) is 0 Å². The molecule has 0 bridgehead atoms. The van der Waals surface area contributed by atoms with Crippen LogP contribution in [0.15, 0.2) is 22.7 Å². The van der Waals surface area contributed by atoms with E-state index >= 15 is 0 Å². The zero-order valence-corrected chi connectivity index (χ0v) is 13.2. The molecule has 0 unspecified atom stereocenters. The number of hydrogen-bond donors (Lipinski definition) is 1. The van der Waals surface area contributed by atoms with Crippen LogP contribution < -0.4 is 5.32 Å². The Balaban J connectivity index is 2.77. The lowest BCUT2D eigenvalue weighted by molar-refractivity contribution is -0.116. The summed E-state index contributed by atoms with van der Waals surface area (Å²) in [5.41, 5.74) is 2.22. The molecule has 1 N–H and O–H groups in total. The summed E-state index contributed by atoms with van der Waals surface area (Å²) in [4.78, 5) is 11.7. The van der Waals surface area contributed by atoms with Crippen molar-refractivity contribution in [2.24, 2.45) is 0 Å². The summed E-state index contributed by atoms with van der Waals surface area (Å²) < 4.78 is 0.944. The Kier molecular flexibility index (Phi) is 5.39. The fourth-order valence-corrected chi connectivity index (χ4v) is 2.11. The standard InChI is InChI=1S/C15H22BrNO/c1-5-6-7-14(18)17-13-9-8-11(10-12(13)16)15(2,3)4/h8-10H,5-7H2,1-4H3,(H,17,18). The number of anilines is 1. The van der Waals surface area contributed by atoms with Gasteiger partial charge in [0, 0.05) is 10.9 Å². The first kappa shape index (κ1) is 15.2. The van der Waals surface area contributed by atoms with Gasteiger partial charge in [0.15, 0.2) is 0 Å². The third-order valence-corrected chi connectivity index (χ3v) is 3.52. The number of rotatable bonds is 4. The van der Waals surface area contributed by atoms with Crippen LogP contribution in [0.25, 0.3) is 0 Å². The van der Waals surface area contributed by atoms with E-state index in [0.29, 0.717) is 6.42 Å². The number of carbonyl (C=O) groups is 1. The van der Waals surface area contributed by atoms with Crippen molar-refractivity contribution in [1.82, 2.24) is 0 Å². The van der Waals surface area contributed by atoms with E-state index in [4.69, 9.17) is 0 Å². The van der Waals surface area contributed by atoms with Gasteiger partial charge >= 0.3 is 0 Å². The molecule has 0 aliphatic heterocycles. The average molecular weight is 312 g/mol. The van der Waals surface area contributed by atoms with Gasteiger partial charge in [0.1, 0.15) is 0 Å². The molecule has 1 amide bonds. The first-order valence-corrected chi connectivity index (χ1v) is 7.23. The third-order valence-electron chi connectivity index (χ3n) is 2.87. The number of amides is 1. The van der Waals surface area contributed by atoms with Crippen molar-refractivity contribution in [3.63, 3.8) is 0 Å². The van der Waals surface area contributed by atoms with Crippen LogP contribution in [0, 0.1) is 0 Å². The smallest absolute Gasteiger partial charge is 0.224 e. The minimum Gasteiger partial charge on any atom is -0.325 e. The Morgan fingerprint density at radius 3 is 2.50 bits per heavy atom. The van der Waals surface area contributed by atoms with E-state index in [9.17, 15) is 4.79 Å². The van der Waals surface area contributed by atoms with Gasteiger partial charge in [0.25, 0.3) is 0 Å². The van der Waals surface area contributed by atoms with Crippen molar-refractivity contribution in [3.8, 4) is 0 Å². The van der Waals surface area contributed by atoms with E-state index in [1.54, 1.807) is 0 Å². The van der Waals surface area contributed by atoms with E-state index in [0.717, 1.165) is 23.0 Å². The van der Waals surface area contributed by atoms with E-state index < -0.39 is 0 Å². The zero-order chi connectivity index (χ0) is 13.8. The predicted octanol–water partition coefficient (Wildman–Crippen LogP) is 4.88. The van der Waals surface area contributed by atoms with Crippen molar-refractivity contribution in [1.29, 1.82) is 0 Å². The molecular formula is C15H22BrNO. The van der Waals surface area contributed by atoms with Crippen LogP contribution in [0.4, 0.5) is 5.69 Å². The van der Waals surface area contributed by atoms with E-state index in [1.807, 2.05) is 6.07 Å². The van der Waals surface area contributed by atoms with Crippen LogP contribution >= 0.6 is 15.9 Å². The summed E-state index contributed by atoms with van der Waals surface area (Å²) in [6.45, 7) is 8.61. The van der Waals surface area contributed by atoms with Gasteiger partial charge < -0.3 is 5.32 Å². The van der Waals surface area contributed by atoms with Crippen LogP contribution in [0.3, 0.4) is 0 Å². The van der Waals surface area contributed by atoms with Gasteiger partial charge in [0.2, 0.25) is 5.91 Å². The van der Waals surface area contributed by atoms with Crippen LogP contribution in [-0.4, -0.2) is 5.91 Å². The maximum atomic E-state index is 11.7. The van der Waals surface area contributed by atoms with E-state index in [1.165, 1.54) is 5.56 Å². The maximum absolute atomic E-state index is 11.7. The van der Waals surface area contributed by atoms with Crippen molar-refractivity contribution in [3.05, 3.63) is 28.2 Å². The monoisotopic (exact) mass is 311 g/mol. The van der Waals surface area contributed by atoms with Gasteiger partial charge in [-0.25, -0.2) is 0 Å². The molecule has 0 atom stereocenters. The second kappa shape index (κ2) is 6.37. The maximum Gasteiger partial charge on any atom is 0.224 e. The highest BCUT2D eigenvalue weighted by molar-refractivity contribution is 9.10. The Morgan fingerprint density at radius 1 is 1.33 bits per heavy atom. The number of unbranched alkanes of at least 4 members (excludes halogenated alkanes) is 1. The van der Waals surface area contributed by atoms with Gasteiger partial charge in [-0.3, -0.25) is 4.79 Å². The molecule has 0 saturated carbocycles. The fourth-order valence-electron chi connectivity index (χ4n) is 1.63. The fraction of sp³-hybridized carbons (Fsp3) is 0.533. The Hall–Kier alpha value is -0.830. The molecule has 0 fully saturated rings. The highest BCUT2D eigenvalue weighted by Gasteiger charge is 2.15. The van der Waals surface area contributed by atoms with Crippen LogP contribution in [0.1, 0.15) is 52.5 Å². The summed E-state index contributed by atoms with van der Waals surface area (Å²) in [7, 11) is 0. The number of halogens is 1. The van der Waals surface area contributed by atoms with Crippen LogP contribution in [-0.2, 0) is 10.2 Å². The summed E-state index contributed by atoms with van der Waals surface area (Å²) >= 11 is 3.52. The largest absolute Gasteiger partial charge is 0.325 e. The summed E-state index contributed by atoms with van der Waals surface area (Å²) in [6.07, 6.45) is 2.56. The third kappa shape index (κ3) is 4.45. The topological polar surface area (TPSA) is 29.1 Å². The molecule has 1 rings (SSSR count). The molecule has 0 aliphatic rings. The van der Waals surface area contributed by atoms with Gasteiger partial charge in [-0.2, -0.15) is 0 Å². The van der Waals surface area contributed by atoms with Gasteiger partial charge in [0.05, 0.1) is 5.69 Å². The van der Waals surface area contributed by atoms with Gasteiger partial charge in [-0.1, -0.05) is 40.2 Å². The second-order valence-electron chi connectivity index (χ2n) is 5.60. The summed E-state index contributed by atoms with van der Waals surface area (Å²) in [5, 5.41) is 2.94. The van der Waals surface area contributed by atoms with Crippen molar-refractivity contribution in [2.75, 3.05) is 5.32 Å². The summed E-state index contributed by atoms with van der Waals surface area (Å²) in [6, 6.07) is 6.12. The van der Waals surface area contributed by atoms with Gasteiger partial charge in [-0.15, -0.1) is 0 Å². The first-order chi connectivity index (χ1) is 8.34. The average Bonchev–Trinajstić information content (AvgIpc) is 2.27. The normalized spacial score (nSPS) is 11.4. The highest BCUT2D eigenvalue weighted by atomic mass is 79.9. The lowest BCUT2D eigenvalue weighted by atomic mass is 9.87. The van der Waals surface area contributed by atoms with Gasteiger partial charge in [-0.05, 0) is 45.5 Å². The Labute approximate surface area is 118 Å². The first-order valence-electron chi connectivity index (χ1n) is 6.44. The van der Waals surface area contributed by atoms with Crippen molar-refractivity contribution in [2.45, 2.75) is 52.4 Å². The van der Waals surface area contributed by atoms with Crippen molar-refractivity contribution >= 4 is 27.5 Å². The molecule has 1 aromatic rings. The molecule has 18 heavy (non-hydrogen) atoms. The molecule has 2 nitrogen and oxygen atoms in total. The number of carbonyl (C=O) groups excluding carboxylic acids is 1. The van der Waals surface area contributed by atoms with Crippen LogP contribution in [0.5, 0.6) is 0 Å². The number of benzene rings is 1. The molecular weight excluding hydrogens is 290 g/mol. The minimum absolute atomic E-state index is 0.0843. The predicted molar refractivity (Wildman–Crippen MR) is 81.0 cm³/mol. The molecule has 0 aromatic heterocycles. The molecule has 3 heteroatoms. The lowest BCUT2D eigenvalue weighted by Crippen LogP contribution is -2.13. The van der Waals surface area contributed by atoms with Crippen molar-refractivity contribution < 1.29 is 4.79 Å². The zero-order valence-electron chi connectivity index (χ0n) is 11.6. The molecule has 0 aliphatic carbocycles. The number of nitrogens with one attached hydrogen (secondary N) is 1. The molecule has 0 radical (unpaired) electrons. The van der Waals surface area contributed by atoms with E-state index in [2.05, 4.69) is 61.1 Å². The minimum atomic E-state index is 0.0843. The SMILES string of the molecule is CCCCC(=O)Nc1ccc(C(C)(C)C)cc1Br. The molecule has 0 heterocycles. The quantitative estimate of drug-likeness (QED) is 0.844. The Bertz CT molecular complexity index is 421. The molecule has 1 aromatic carbocycles. The molecule has 100 valence electrons. The lowest BCUT2D eigenvalue weighted by Gasteiger charge is -2.20.